The van der Waals surface area contributed by atoms with Gasteiger partial charge in [0.25, 0.3) is 0 Å². The van der Waals surface area contributed by atoms with E-state index in [4.69, 9.17) is 4.11 Å². The fraction of sp³-hybridized carbons (Fsp3) is 0.409. The van der Waals surface area contributed by atoms with E-state index in [1.54, 1.807) is 28.9 Å². The molecule has 0 saturated heterocycles. The maximum absolute atomic E-state index is 12.9. The third-order valence-electron chi connectivity index (χ3n) is 5.84. The average molecular weight is 475 g/mol. The molecule has 12 heteroatoms. The lowest BCUT2D eigenvalue weighted by Gasteiger charge is -2.41. The van der Waals surface area contributed by atoms with Gasteiger partial charge in [-0.2, -0.15) is 23.3 Å². The van der Waals surface area contributed by atoms with Crippen molar-refractivity contribution in [2.45, 2.75) is 45.1 Å². The smallest absolute Gasteiger partial charge is 0.350 e. The number of halogens is 3. The van der Waals surface area contributed by atoms with E-state index in [-0.39, 0.29) is 30.8 Å². The minimum Gasteiger partial charge on any atom is -0.350 e. The summed E-state index contributed by atoms with van der Waals surface area (Å²) in [6, 6.07) is 1.39. The Balaban J connectivity index is 1.33. The van der Waals surface area contributed by atoms with Crippen LogP contribution in [0.1, 0.15) is 40.0 Å². The molecule has 1 atom stereocenters. The standard InChI is InChI=1S/C22H23F3N8O/c1-13-20(34)33-7-3-4-16-18(33)19(31(13)2)30-21(29-16)27-9-15-10-28-32(12-15)11-14-5-6-17(26-8-14)22(23,24)25/h5-6,8,10,12-13H,3-4,7,9,11H2,1-2H3,(H,27,29,30)/t13-/m0/s1/i2D3. The number of nitrogens with one attached hydrogen (secondary N) is 1. The molecular formula is C22H23F3N8O. The van der Waals surface area contributed by atoms with Crippen LogP contribution in [0.2, 0.25) is 0 Å². The number of amides is 1. The van der Waals surface area contributed by atoms with Crippen molar-refractivity contribution in [3.8, 4) is 0 Å². The first-order valence-corrected chi connectivity index (χ1v) is 10.7. The Morgan fingerprint density at radius 3 is 2.82 bits per heavy atom. The van der Waals surface area contributed by atoms with Crippen LogP contribution < -0.4 is 15.1 Å². The Kier molecular flexibility index (Phi) is 4.54. The van der Waals surface area contributed by atoms with Crippen LogP contribution in [0.3, 0.4) is 0 Å². The van der Waals surface area contributed by atoms with Gasteiger partial charge < -0.3 is 15.1 Å². The van der Waals surface area contributed by atoms with Crippen LogP contribution in [0.4, 0.5) is 30.6 Å². The van der Waals surface area contributed by atoms with E-state index in [9.17, 15) is 18.0 Å². The van der Waals surface area contributed by atoms with Gasteiger partial charge in [0, 0.05) is 42.1 Å². The van der Waals surface area contributed by atoms with Crippen LogP contribution in [0, 0.1) is 0 Å². The van der Waals surface area contributed by atoms with Gasteiger partial charge in [0.1, 0.15) is 17.4 Å². The zero-order valence-electron chi connectivity index (χ0n) is 21.2. The molecule has 178 valence electrons. The molecule has 0 aromatic carbocycles. The Morgan fingerprint density at radius 1 is 1.24 bits per heavy atom. The normalized spacial score (nSPS) is 19.4. The van der Waals surface area contributed by atoms with Crippen LogP contribution in [0.25, 0.3) is 0 Å². The fourth-order valence-corrected chi connectivity index (χ4v) is 4.08. The predicted octanol–water partition coefficient (Wildman–Crippen LogP) is 2.86. The largest absolute Gasteiger partial charge is 0.433 e. The molecule has 0 radical (unpaired) electrons. The lowest BCUT2D eigenvalue weighted by Crippen LogP contribution is -2.53. The highest BCUT2D eigenvalue weighted by atomic mass is 19.4. The number of carbonyl (C=O) groups is 1. The van der Waals surface area contributed by atoms with Crippen molar-refractivity contribution < 1.29 is 22.1 Å². The van der Waals surface area contributed by atoms with Crippen molar-refractivity contribution in [3.63, 3.8) is 0 Å². The third-order valence-corrected chi connectivity index (χ3v) is 5.84. The van der Waals surface area contributed by atoms with Crippen LogP contribution in [0.5, 0.6) is 0 Å². The minimum absolute atomic E-state index is 0.199. The topological polar surface area (TPSA) is 92.1 Å². The number of rotatable bonds is 5. The quantitative estimate of drug-likeness (QED) is 0.607. The minimum atomic E-state index is -4.49. The molecule has 0 aliphatic carbocycles. The number of carbonyl (C=O) groups excluding carboxylic acids is 1. The predicted molar refractivity (Wildman–Crippen MR) is 118 cm³/mol. The number of likely N-dealkylation sites (N-methyl/N-ethyl adjacent to an activating group) is 1. The Bertz CT molecular complexity index is 1330. The molecule has 0 fully saturated rings. The number of hydrogen-bond donors (Lipinski definition) is 1. The second kappa shape index (κ2) is 8.26. The van der Waals surface area contributed by atoms with Crippen LogP contribution in [0.15, 0.2) is 30.7 Å². The highest BCUT2D eigenvalue weighted by Gasteiger charge is 2.38. The van der Waals surface area contributed by atoms with E-state index >= 15 is 0 Å². The molecule has 0 spiro atoms. The molecular weight excluding hydrogens is 449 g/mol. The summed E-state index contributed by atoms with van der Waals surface area (Å²) in [5.41, 5.74) is 1.43. The summed E-state index contributed by atoms with van der Waals surface area (Å²) < 4.78 is 63.6. The van der Waals surface area contributed by atoms with Crippen molar-refractivity contribution in [2.75, 3.05) is 28.6 Å². The summed E-state index contributed by atoms with van der Waals surface area (Å²) in [5.74, 6) is 0.139. The number of hydrogen-bond acceptors (Lipinski definition) is 7. The van der Waals surface area contributed by atoms with E-state index in [1.807, 2.05) is 0 Å². The van der Waals surface area contributed by atoms with Crippen LogP contribution in [-0.4, -0.2) is 50.2 Å². The first kappa shape index (κ1) is 18.7. The molecule has 34 heavy (non-hydrogen) atoms. The van der Waals surface area contributed by atoms with Crippen molar-refractivity contribution in [2.24, 2.45) is 0 Å². The number of pyridine rings is 1. The molecule has 1 amide bonds. The fourth-order valence-electron chi connectivity index (χ4n) is 4.08. The lowest BCUT2D eigenvalue weighted by molar-refractivity contribution is -0.141. The number of alkyl halides is 3. The Labute approximate surface area is 197 Å². The molecule has 5 rings (SSSR count). The maximum atomic E-state index is 12.9. The number of nitrogens with zero attached hydrogens (tertiary/aromatic N) is 7. The summed E-state index contributed by atoms with van der Waals surface area (Å²) in [4.78, 5) is 28.0. The van der Waals surface area contributed by atoms with E-state index < -0.39 is 24.9 Å². The average Bonchev–Trinajstić information content (AvgIpc) is 3.27. The molecule has 0 saturated carbocycles. The van der Waals surface area contributed by atoms with Gasteiger partial charge in [0.15, 0.2) is 5.82 Å². The van der Waals surface area contributed by atoms with Crippen molar-refractivity contribution >= 4 is 23.4 Å². The maximum Gasteiger partial charge on any atom is 0.433 e. The first-order chi connectivity index (χ1) is 17.4. The zero-order chi connectivity index (χ0) is 26.5. The van der Waals surface area contributed by atoms with Gasteiger partial charge in [-0.05, 0) is 31.4 Å². The summed E-state index contributed by atoms with van der Waals surface area (Å²) in [5, 5.41) is 7.34. The Morgan fingerprint density at radius 2 is 2.09 bits per heavy atom. The molecule has 2 aliphatic heterocycles. The van der Waals surface area contributed by atoms with Gasteiger partial charge in [0.2, 0.25) is 11.9 Å². The highest BCUT2D eigenvalue weighted by Crippen LogP contribution is 2.39. The molecule has 5 heterocycles. The molecule has 2 aliphatic rings. The SMILES string of the molecule is [2H]C([2H])([2H])N1c2nc(NCc3cnn(Cc4ccc(C(F)(F)F)nc4)c3)nc3c2N(CCC3)C(=O)[C@@H]1C. The summed E-state index contributed by atoms with van der Waals surface area (Å²) >= 11 is 0. The number of anilines is 3. The molecule has 3 aromatic heterocycles. The molecule has 0 unspecified atom stereocenters. The molecule has 3 aromatic rings. The van der Waals surface area contributed by atoms with E-state index in [2.05, 4.69) is 25.4 Å². The Hall–Kier alpha value is -3.70. The third kappa shape index (κ3) is 4.03. The highest BCUT2D eigenvalue weighted by molar-refractivity contribution is 6.05. The number of aryl methyl sites for hydroxylation is 1. The molecule has 0 bridgehead atoms. The number of aromatic nitrogens is 5. The van der Waals surface area contributed by atoms with Gasteiger partial charge >= 0.3 is 6.18 Å². The summed E-state index contributed by atoms with van der Waals surface area (Å²) in [7, 11) is 0. The first-order valence-electron chi connectivity index (χ1n) is 12.2. The lowest BCUT2D eigenvalue weighted by atomic mass is 10.0. The summed E-state index contributed by atoms with van der Waals surface area (Å²) in [6.07, 6.45) is 1.30. The van der Waals surface area contributed by atoms with Gasteiger partial charge in [-0.3, -0.25) is 14.5 Å². The van der Waals surface area contributed by atoms with Gasteiger partial charge in [0.05, 0.1) is 18.4 Å². The van der Waals surface area contributed by atoms with E-state index in [1.165, 1.54) is 12.3 Å². The molecule has 9 nitrogen and oxygen atoms in total. The van der Waals surface area contributed by atoms with Crippen molar-refractivity contribution in [1.82, 2.24) is 24.7 Å². The van der Waals surface area contributed by atoms with E-state index in [0.717, 1.165) is 16.5 Å². The molecule has 1 N–H and O–H groups in total. The van der Waals surface area contributed by atoms with Gasteiger partial charge in [-0.15, -0.1) is 0 Å². The van der Waals surface area contributed by atoms with Crippen molar-refractivity contribution in [3.05, 3.63) is 53.2 Å². The van der Waals surface area contributed by atoms with Crippen LogP contribution >= 0.6 is 0 Å². The van der Waals surface area contributed by atoms with Gasteiger partial charge in [-0.25, -0.2) is 4.98 Å². The van der Waals surface area contributed by atoms with E-state index in [0.29, 0.717) is 36.3 Å². The van der Waals surface area contributed by atoms with Gasteiger partial charge in [-0.1, -0.05) is 6.07 Å². The monoisotopic (exact) mass is 475 g/mol. The van der Waals surface area contributed by atoms with Crippen LogP contribution in [-0.2, 0) is 30.5 Å². The second-order valence-electron chi connectivity index (χ2n) is 8.25. The second-order valence-corrected chi connectivity index (χ2v) is 8.25. The van der Waals surface area contributed by atoms with Crippen molar-refractivity contribution in [1.29, 1.82) is 0 Å². The summed E-state index contributed by atoms with van der Waals surface area (Å²) in [6.45, 7) is -0.00875. The zero-order valence-corrected chi connectivity index (χ0v) is 18.2.